The molecule has 7 rings (SSSR count). The fourth-order valence-corrected chi connectivity index (χ4v) is 6.09. The van der Waals surface area contributed by atoms with Crippen LogP contribution in [0.1, 0.15) is 40.3 Å². The minimum absolute atomic E-state index is 0.0786. The zero-order valence-electron chi connectivity index (χ0n) is 24.4. The van der Waals surface area contributed by atoms with Crippen molar-refractivity contribution < 1.29 is 37.3 Å². The Morgan fingerprint density at radius 2 is 1.91 bits per heavy atom. The van der Waals surface area contributed by atoms with Crippen LogP contribution in [0.5, 0.6) is 5.75 Å². The maximum absolute atomic E-state index is 13.0. The van der Waals surface area contributed by atoms with E-state index >= 15 is 0 Å². The van der Waals surface area contributed by atoms with Gasteiger partial charge in [-0.1, -0.05) is 42.5 Å². The van der Waals surface area contributed by atoms with Crippen LogP contribution in [0.15, 0.2) is 60.7 Å². The highest BCUT2D eigenvalue weighted by atomic mass is 19.4. The highest BCUT2D eigenvalue weighted by Crippen LogP contribution is 2.65. The minimum atomic E-state index is -5.08. The van der Waals surface area contributed by atoms with E-state index in [1.54, 1.807) is 7.11 Å². The fraction of sp³-hybridized carbons (Fsp3) is 0.303. The molecule has 1 amide bonds. The summed E-state index contributed by atoms with van der Waals surface area (Å²) in [7, 11) is 1.66. The van der Waals surface area contributed by atoms with Gasteiger partial charge in [-0.3, -0.25) is 14.8 Å². The largest absolute Gasteiger partial charge is 0.497 e. The molecule has 3 N–H and O–H groups in total. The number of nitrogens with one attached hydrogen (secondary N) is 2. The normalized spacial score (nSPS) is 21.0. The Hall–Kier alpha value is -4.68. The molecule has 2 fully saturated rings. The van der Waals surface area contributed by atoms with E-state index in [4.69, 9.17) is 19.4 Å². The van der Waals surface area contributed by atoms with Crippen LogP contribution >= 0.6 is 0 Å². The molecule has 3 aromatic carbocycles. The summed E-state index contributed by atoms with van der Waals surface area (Å²) >= 11 is 0. The molecule has 3 aliphatic rings. The molecule has 9 nitrogen and oxygen atoms in total. The predicted octanol–water partition coefficient (Wildman–Crippen LogP) is 5.58. The number of fused-ring (bicyclic) bond motifs is 3. The number of rotatable bonds is 6. The SMILES string of the molecule is COc1ccc2c(c1)[C@]1(C[C@H]1c1ccc3c(C=Cc4cccc(CN5CCOCC5)c4)n[nH]c3c1)C(=O)N2.O=C(O)C(F)(F)F. The number of aromatic amines is 1. The minimum Gasteiger partial charge on any atom is -0.497 e. The maximum Gasteiger partial charge on any atom is 0.490 e. The lowest BCUT2D eigenvalue weighted by Crippen LogP contribution is -2.35. The van der Waals surface area contributed by atoms with Crippen molar-refractivity contribution in [3.05, 3.63) is 88.6 Å². The number of hydrogen-bond acceptors (Lipinski definition) is 6. The first-order chi connectivity index (χ1) is 21.6. The van der Waals surface area contributed by atoms with Crippen molar-refractivity contribution in [3.8, 4) is 5.75 Å². The van der Waals surface area contributed by atoms with Gasteiger partial charge in [-0.05, 0) is 59.0 Å². The Morgan fingerprint density at radius 1 is 1.13 bits per heavy atom. The lowest BCUT2D eigenvalue weighted by atomic mass is 9.91. The second-order valence-corrected chi connectivity index (χ2v) is 11.3. The van der Waals surface area contributed by atoms with Crippen molar-refractivity contribution in [2.45, 2.75) is 30.5 Å². The Bertz CT molecular complexity index is 1780. The van der Waals surface area contributed by atoms with Gasteiger partial charge in [0.25, 0.3) is 0 Å². The standard InChI is InChI=1S/C31H30N4O3.C2HF3O2/c1-37-23-7-10-28-25(17-23)31(30(36)32-28)18-26(31)22-6-8-24-27(33-34-29(24)16-22)9-5-20-3-2-4-21(15-20)19-35-11-13-38-14-12-35;3-2(4,5)1(6)7/h2-10,15-17,26H,11-14,18-19H2,1H3,(H,32,36)(H,33,34);(H,6,7)/t26-,31-;/m0./s1. The van der Waals surface area contributed by atoms with E-state index in [0.717, 1.165) is 84.0 Å². The first-order valence-electron chi connectivity index (χ1n) is 14.4. The third-order valence-electron chi connectivity index (χ3n) is 8.48. The molecule has 0 radical (unpaired) electrons. The van der Waals surface area contributed by atoms with Crippen molar-refractivity contribution in [2.75, 3.05) is 38.7 Å². The second-order valence-electron chi connectivity index (χ2n) is 11.3. The topological polar surface area (TPSA) is 117 Å². The molecule has 1 saturated carbocycles. The van der Waals surface area contributed by atoms with Crippen molar-refractivity contribution in [2.24, 2.45) is 0 Å². The van der Waals surface area contributed by atoms with Crippen LogP contribution in [0.25, 0.3) is 23.1 Å². The van der Waals surface area contributed by atoms with Crippen molar-refractivity contribution >= 4 is 40.6 Å². The molecular formula is C33H31F3N4O5. The monoisotopic (exact) mass is 620 g/mol. The van der Waals surface area contributed by atoms with Gasteiger partial charge < -0.3 is 19.9 Å². The Morgan fingerprint density at radius 3 is 2.64 bits per heavy atom. The molecule has 0 unspecified atom stereocenters. The average Bonchev–Trinajstić information content (AvgIpc) is 3.57. The number of benzene rings is 3. The highest BCUT2D eigenvalue weighted by Gasteiger charge is 2.65. The van der Waals surface area contributed by atoms with Crippen molar-refractivity contribution in [1.82, 2.24) is 15.1 Å². The molecule has 45 heavy (non-hydrogen) atoms. The summed E-state index contributed by atoms with van der Waals surface area (Å²) in [5.74, 6) is -1.77. The third kappa shape index (κ3) is 6.16. The van der Waals surface area contributed by atoms with Crippen LogP contribution in [0, 0.1) is 0 Å². The summed E-state index contributed by atoms with van der Waals surface area (Å²) in [4.78, 5) is 24.4. The molecule has 1 aliphatic carbocycles. The molecule has 0 bridgehead atoms. The quantitative estimate of drug-likeness (QED) is 0.258. The van der Waals surface area contributed by atoms with Crippen molar-refractivity contribution in [3.63, 3.8) is 0 Å². The predicted molar refractivity (Wildman–Crippen MR) is 162 cm³/mol. The lowest BCUT2D eigenvalue weighted by Gasteiger charge is -2.26. The van der Waals surface area contributed by atoms with E-state index in [0.29, 0.717) is 0 Å². The van der Waals surface area contributed by atoms with Gasteiger partial charge in [0, 0.05) is 36.6 Å². The van der Waals surface area contributed by atoms with E-state index in [-0.39, 0.29) is 11.8 Å². The Balaban J connectivity index is 0.000000460. The van der Waals surface area contributed by atoms with Crippen LogP contribution in [-0.4, -0.2) is 71.7 Å². The van der Waals surface area contributed by atoms with E-state index in [1.165, 1.54) is 5.56 Å². The van der Waals surface area contributed by atoms with Crippen LogP contribution < -0.4 is 10.1 Å². The number of carbonyl (C=O) groups excluding carboxylic acids is 1. The Labute approximate surface area is 256 Å². The summed E-state index contributed by atoms with van der Waals surface area (Å²) < 4.78 is 42.6. The molecule has 3 heterocycles. The van der Waals surface area contributed by atoms with Gasteiger partial charge in [0.1, 0.15) is 5.75 Å². The number of carboxylic acids is 1. The molecule has 2 aliphatic heterocycles. The molecule has 12 heteroatoms. The summed E-state index contributed by atoms with van der Waals surface area (Å²) in [5.41, 5.74) is 6.92. The number of aromatic nitrogens is 2. The number of carbonyl (C=O) groups is 2. The van der Waals surface area contributed by atoms with Gasteiger partial charge in [0.05, 0.1) is 36.9 Å². The summed E-state index contributed by atoms with van der Waals surface area (Å²) in [6, 6.07) is 20.9. The molecular weight excluding hydrogens is 589 g/mol. The fourth-order valence-electron chi connectivity index (χ4n) is 6.09. The number of anilines is 1. The number of amides is 1. The molecule has 234 valence electrons. The third-order valence-corrected chi connectivity index (χ3v) is 8.48. The summed E-state index contributed by atoms with van der Waals surface area (Å²) in [6.07, 6.45) is -0.0977. The van der Waals surface area contributed by atoms with E-state index in [1.807, 2.05) is 18.2 Å². The number of nitrogens with zero attached hydrogens (tertiary/aromatic N) is 2. The number of aliphatic carboxylic acids is 1. The number of methoxy groups -OCH3 is 1. The van der Waals surface area contributed by atoms with Gasteiger partial charge in [0.15, 0.2) is 0 Å². The molecule has 2 atom stereocenters. The van der Waals surface area contributed by atoms with Crippen LogP contribution in [0.4, 0.5) is 18.9 Å². The van der Waals surface area contributed by atoms with Gasteiger partial charge in [0.2, 0.25) is 5.91 Å². The van der Waals surface area contributed by atoms with E-state index in [9.17, 15) is 18.0 Å². The number of halogens is 3. The van der Waals surface area contributed by atoms with Gasteiger partial charge in [-0.15, -0.1) is 0 Å². The van der Waals surface area contributed by atoms with E-state index < -0.39 is 17.6 Å². The summed E-state index contributed by atoms with van der Waals surface area (Å²) in [5, 5.41) is 19.0. The van der Waals surface area contributed by atoms with Crippen LogP contribution in [-0.2, 0) is 26.3 Å². The van der Waals surface area contributed by atoms with Gasteiger partial charge >= 0.3 is 12.1 Å². The number of H-pyrrole nitrogens is 1. The molecule has 4 aromatic rings. The van der Waals surface area contributed by atoms with Crippen LogP contribution in [0.2, 0.25) is 0 Å². The first kappa shape index (κ1) is 30.4. The summed E-state index contributed by atoms with van der Waals surface area (Å²) in [6.45, 7) is 4.52. The zero-order valence-corrected chi connectivity index (χ0v) is 24.4. The zero-order chi connectivity index (χ0) is 31.8. The maximum atomic E-state index is 13.0. The molecule has 1 spiro atoms. The smallest absolute Gasteiger partial charge is 0.490 e. The first-order valence-corrected chi connectivity index (χ1v) is 14.4. The second kappa shape index (κ2) is 12.0. The highest BCUT2D eigenvalue weighted by molar-refractivity contribution is 6.10. The van der Waals surface area contributed by atoms with Gasteiger partial charge in [-0.2, -0.15) is 18.3 Å². The number of hydrogen-bond donors (Lipinski definition) is 3. The van der Waals surface area contributed by atoms with Crippen molar-refractivity contribution in [1.29, 1.82) is 0 Å². The number of ether oxygens (including phenoxy) is 2. The Kier molecular flexibility index (Phi) is 8.10. The number of carboxylic acid groups (broad SMARTS) is 1. The lowest BCUT2D eigenvalue weighted by molar-refractivity contribution is -0.192. The van der Waals surface area contributed by atoms with Crippen LogP contribution in [0.3, 0.4) is 0 Å². The number of alkyl halides is 3. The number of morpholine rings is 1. The molecule has 1 aromatic heterocycles. The molecule has 1 saturated heterocycles. The average molecular weight is 621 g/mol. The van der Waals surface area contributed by atoms with Gasteiger partial charge in [-0.25, -0.2) is 4.79 Å². The van der Waals surface area contributed by atoms with E-state index in [2.05, 4.69) is 75.0 Å².